The first-order valence-corrected chi connectivity index (χ1v) is 9.44. The van der Waals surface area contributed by atoms with Crippen molar-refractivity contribution < 1.29 is 20.1 Å². The van der Waals surface area contributed by atoms with E-state index in [0.717, 1.165) is 30.5 Å². The lowest BCUT2D eigenvalue weighted by Gasteiger charge is -2.63. The highest BCUT2D eigenvalue weighted by atomic mass is 16.5. The van der Waals surface area contributed by atoms with Gasteiger partial charge in [-0.2, -0.15) is 0 Å². The van der Waals surface area contributed by atoms with Crippen LogP contribution in [0.1, 0.15) is 36.8 Å². The Labute approximate surface area is 146 Å². The maximum Gasteiger partial charge on any atom is 0.165 e. The molecule has 2 aliphatic heterocycles. The van der Waals surface area contributed by atoms with Gasteiger partial charge in [0, 0.05) is 17.6 Å². The van der Waals surface area contributed by atoms with Crippen LogP contribution in [0.5, 0.6) is 11.5 Å². The zero-order valence-corrected chi connectivity index (χ0v) is 14.1. The first kappa shape index (κ1) is 14.6. The van der Waals surface area contributed by atoms with Gasteiger partial charge in [0.2, 0.25) is 0 Å². The fraction of sp³-hybridized carbons (Fsp3) is 0.600. The van der Waals surface area contributed by atoms with Crippen LogP contribution >= 0.6 is 0 Å². The van der Waals surface area contributed by atoms with Crippen LogP contribution < -0.4 is 4.74 Å². The molecule has 1 aromatic rings. The Morgan fingerprint density at radius 3 is 2.84 bits per heavy atom. The van der Waals surface area contributed by atoms with Crippen molar-refractivity contribution in [3.05, 3.63) is 35.4 Å². The molecule has 6 rings (SSSR count). The number of phenols is 1. The summed E-state index contributed by atoms with van der Waals surface area (Å²) < 4.78 is 6.09. The minimum atomic E-state index is -1.06. The zero-order chi connectivity index (χ0) is 17.0. The number of ether oxygens (including phenoxy) is 1. The normalized spacial score (nSPS) is 44.2. The van der Waals surface area contributed by atoms with E-state index >= 15 is 0 Å². The van der Waals surface area contributed by atoms with Crippen LogP contribution in [0.3, 0.4) is 0 Å². The average Bonchev–Trinajstić information content (AvgIpc) is 2.89. The van der Waals surface area contributed by atoms with E-state index in [1.165, 1.54) is 19.3 Å². The molecule has 1 saturated carbocycles. The smallest absolute Gasteiger partial charge is 0.165 e. The fourth-order valence-corrected chi connectivity index (χ4v) is 6.27. The predicted octanol–water partition coefficient (Wildman–Crippen LogP) is 1.24. The van der Waals surface area contributed by atoms with Crippen LogP contribution in [0.15, 0.2) is 24.3 Å². The maximum atomic E-state index is 12.0. The molecule has 2 bridgehead atoms. The Bertz CT molecular complexity index is 803. The highest BCUT2D eigenvalue weighted by Gasteiger charge is 2.72. The van der Waals surface area contributed by atoms with Crippen LogP contribution in [0.4, 0.5) is 0 Å². The molecule has 5 atom stereocenters. The molecule has 0 radical (unpaired) electrons. The van der Waals surface area contributed by atoms with Gasteiger partial charge in [-0.05, 0) is 43.9 Å². The van der Waals surface area contributed by atoms with Crippen molar-refractivity contribution in [1.29, 1.82) is 0 Å². The lowest BCUT2D eigenvalue weighted by Crippen LogP contribution is -2.76. The number of hydrogen-bond acceptors (Lipinski definition) is 5. The summed E-state index contributed by atoms with van der Waals surface area (Å²) in [6.45, 7) is 0.909. The monoisotopic (exact) mass is 341 g/mol. The van der Waals surface area contributed by atoms with Gasteiger partial charge in [0.05, 0.1) is 5.41 Å². The van der Waals surface area contributed by atoms with Crippen LogP contribution in [-0.2, 0) is 11.8 Å². The number of nitrogens with zero attached hydrogens (tertiary/aromatic N) is 1. The highest BCUT2D eigenvalue weighted by molar-refractivity contribution is 5.64. The minimum Gasteiger partial charge on any atom is -0.504 e. The van der Waals surface area contributed by atoms with Crippen molar-refractivity contribution in [3.63, 3.8) is 0 Å². The summed E-state index contributed by atoms with van der Waals surface area (Å²) in [5.74, 6) is 0.580. The van der Waals surface area contributed by atoms with Crippen LogP contribution in [-0.4, -0.2) is 56.7 Å². The van der Waals surface area contributed by atoms with Gasteiger partial charge in [0.25, 0.3) is 0 Å². The molecule has 1 spiro atoms. The van der Waals surface area contributed by atoms with Gasteiger partial charge in [0.15, 0.2) is 11.5 Å². The van der Waals surface area contributed by atoms with E-state index < -0.39 is 23.2 Å². The average molecular weight is 341 g/mol. The molecule has 1 aromatic carbocycles. The molecule has 5 nitrogen and oxygen atoms in total. The fourth-order valence-electron chi connectivity index (χ4n) is 6.27. The van der Waals surface area contributed by atoms with E-state index in [1.54, 1.807) is 12.1 Å². The zero-order valence-electron chi connectivity index (χ0n) is 14.1. The van der Waals surface area contributed by atoms with Crippen molar-refractivity contribution in [3.8, 4) is 11.5 Å². The Morgan fingerprint density at radius 1 is 1.24 bits per heavy atom. The number of hydrogen-bond donors (Lipinski definition) is 3. The second kappa shape index (κ2) is 4.40. The number of piperidine rings is 1. The molecule has 5 aliphatic rings. The number of likely N-dealkylation sites (tertiary alicyclic amines) is 1. The molecule has 0 unspecified atom stereocenters. The number of rotatable bonds is 1. The van der Waals surface area contributed by atoms with Crippen molar-refractivity contribution in [2.75, 3.05) is 6.54 Å². The molecular formula is C20H23NO4. The van der Waals surface area contributed by atoms with E-state index in [2.05, 4.69) is 4.90 Å². The maximum absolute atomic E-state index is 12.0. The Kier molecular flexibility index (Phi) is 2.57. The molecule has 2 fully saturated rings. The number of aromatic hydroxyl groups is 1. The third kappa shape index (κ3) is 1.45. The standard InChI is InChI=1S/C20H23NO4/c22-13-5-4-11-10-15-20(24)7-6-14(23)18-19(20,16(11)17(13)25-18)8-9-21(15)12-2-1-3-12/h4-7,12,14-15,18,22-24H,1-3,8-10H2/t14-,15-,18-,19+,20-/m1/s1. The van der Waals surface area contributed by atoms with Crippen LogP contribution in [0, 0.1) is 0 Å². The summed E-state index contributed by atoms with van der Waals surface area (Å²) in [5, 5.41) is 32.9. The molecule has 3 aliphatic carbocycles. The number of aliphatic hydroxyl groups excluding tert-OH is 1. The lowest BCUT2D eigenvalue weighted by molar-refractivity contribution is -0.169. The van der Waals surface area contributed by atoms with Gasteiger partial charge in [-0.15, -0.1) is 0 Å². The Morgan fingerprint density at radius 2 is 2.08 bits per heavy atom. The van der Waals surface area contributed by atoms with E-state index in [0.29, 0.717) is 11.8 Å². The summed E-state index contributed by atoms with van der Waals surface area (Å²) in [7, 11) is 0. The number of phenolic OH excluding ortho intramolecular Hbond substituents is 1. The van der Waals surface area contributed by atoms with Crippen molar-refractivity contribution in [2.24, 2.45) is 0 Å². The van der Waals surface area contributed by atoms with Crippen molar-refractivity contribution in [1.82, 2.24) is 4.90 Å². The second-order valence-electron chi connectivity index (χ2n) is 8.43. The quantitative estimate of drug-likeness (QED) is 0.670. The molecule has 1 saturated heterocycles. The van der Waals surface area contributed by atoms with E-state index in [9.17, 15) is 15.3 Å². The van der Waals surface area contributed by atoms with Crippen molar-refractivity contribution >= 4 is 0 Å². The van der Waals surface area contributed by atoms with Gasteiger partial charge in [0.1, 0.15) is 17.8 Å². The summed E-state index contributed by atoms with van der Waals surface area (Å²) in [5.41, 5.74) is 0.370. The topological polar surface area (TPSA) is 73.2 Å². The first-order valence-electron chi connectivity index (χ1n) is 9.44. The van der Waals surface area contributed by atoms with Gasteiger partial charge in [-0.25, -0.2) is 0 Å². The summed E-state index contributed by atoms with van der Waals surface area (Å²) in [6, 6.07) is 4.23. The third-order valence-electron chi connectivity index (χ3n) is 7.60. The largest absolute Gasteiger partial charge is 0.504 e. The van der Waals surface area contributed by atoms with Crippen molar-refractivity contribution in [2.45, 2.75) is 67.4 Å². The van der Waals surface area contributed by atoms with Gasteiger partial charge in [-0.1, -0.05) is 24.6 Å². The first-order chi connectivity index (χ1) is 12.1. The molecule has 25 heavy (non-hydrogen) atoms. The molecule has 5 heteroatoms. The summed E-state index contributed by atoms with van der Waals surface area (Å²) >= 11 is 0. The van der Waals surface area contributed by atoms with Crippen LogP contribution in [0.2, 0.25) is 0 Å². The number of benzene rings is 1. The van der Waals surface area contributed by atoms with Gasteiger partial charge < -0.3 is 20.1 Å². The van der Waals surface area contributed by atoms with Gasteiger partial charge >= 0.3 is 0 Å². The minimum absolute atomic E-state index is 0.00407. The predicted molar refractivity (Wildman–Crippen MR) is 90.8 cm³/mol. The number of aliphatic hydroxyl groups is 2. The van der Waals surface area contributed by atoms with Crippen LogP contribution in [0.25, 0.3) is 0 Å². The van der Waals surface area contributed by atoms with E-state index in [-0.39, 0.29) is 11.8 Å². The molecule has 0 aromatic heterocycles. The van der Waals surface area contributed by atoms with Gasteiger partial charge in [-0.3, -0.25) is 4.90 Å². The summed E-state index contributed by atoms with van der Waals surface area (Å²) in [6.07, 6.45) is 7.40. The Hall–Kier alpha value is -1.56. The van der Waals surface area contributed by atoms with E-state index in [1.807, 2.05) is 12.1 Å². The SMILES string of the molecule is Oc1ccc2c3c1O[C@@H]1[C@H](O)C=C[C@@]4(O)[C@@H](C2)N(C2CCC2)CC[C@]314. The second-order valence-corrected chi connectivity index (χ2v) is 8.43. The molecular weight excluding hydrogens is 318 g/mol. The van der Waals surface area contributed by atoms with E-state index in [4.69, 9.17) is 4.74 Å². The third-order valence-corrected chi connectivity index (χ3v) is 7.60. The molecule has 0 amide bonds. The molecule has 3 N–H and O–H groups in total. The Balaban J connectivity index is 1.62. The highest BCUT2D eigenvalue weighted by Crippen LogP contribution is 2.64. The molecule has 2 heterocycles. The lowest BCUT2D eigenvalue weighted by atomic mass is 9.50. The summed E-state index contributed by atoms with van der Waals surface area (Å²) in [4.78, 5) is 2.50. The molecule has 132 valence electrons.